The standard InChI is InChI=1S/C20H24N2O6S/c1-26-18-9-8-16(14-19(18)27-2)22(15-20(23)21-10-12-28-13-11-21)29(24,25)17-6-4-3-5-7-17/h3-9,14H,10-13,15H2,1-2H3. The van der Waals surface area contributed by atoms with Crippen molar-refractivity contribution in [3.05, 3.63) is 48.5 Å². The molecule has 0 spiro atoms. The molecule has 0 atom stereocenters. The third kappa shape index (κ3) is 4.63. The van der Waals surface area contributed by atoms with Gasteiger partial charge in [-0.1, -0.05) is 18.2 Å². The molecule has 8 nitrogen and oxygen atoms in total. The molecule has 1 amide bonds. The van der Waals surface area contributed by atoms with Crippen molar-refractivity contribution < 1.29 is 27.4 Å². The van der Waals surface area contributed by atoms with Gasteiger partial charge in [0.2, 0.25) is 5.91 Å². The molecule has 0 radical (unpaired) electrons. The number of hydrogen-bond acceptors (Lipinski definition) is 6. The average Bonchev–Trinajstić information content (AvgIpc) is 2.77. The van der Waals surface area contributed by atoms with Crippen LogP contribution in [0.15, 0.2) is 53.4 Å². The second-order valence-electron chi connectivity index (χ2n) is 6.36. The van der Waals surface area contributed by atoms with Crippen LogP contribution in [0.2, 0.25) is 0 Å². The van der Waals surface area contributed by atoms with Gasteiger partial charge in [-0.2, -0.15) is 0 Å². The van der Waals surface area contributed by atoms with E-state index in [1.165, 1.54) is 26.4 Å². The summed E-state index contributed by atoms with van der Waals surface area (Å²) in [6.45, 7) is 1.42. The minimum Gasteiger partial charge on any atom is -0.493 e. The zero-order chi connectivity index (χ0) is 20.9. The Balaban J connectivity index is 2.00. The Bertz CT molecular complexity index is 943. The minimum atomic E-state index is -3.97. The van der Waals surface area contributed by atoms with Crippen molar-refractivity contribution in [2.24, 2.45) is 0 Å². The van der Waals surface area contributed by atoms with Crippen LogP contribution in [0.25, 0.3) is 0 Å². The number of morpholine rings is 1. The normalized spacial score (nSPS) is 14.3. The number of rotatable bonds is 7. The van der Waals surface area contributed by atoms with Crippen molar-refractivity contribution in [2.75, 3.05) is 51.4 Å². The number of benzene rings is 2. The topological polar surface area (TPSA) is 85.4 Å². The van der Waals surface area contributed by atoms with E-state index in [2.05, 4.69) is 0 Å². The minimum absolute atomic E-state index is 0.101. The number of ether oxygens (including phenoxy) is 3. The molecule has 0 N–H and O–H groups in total. The summed E-state index contributed by atoms with van der Waals surface area (Å²) in [4.78, 5) is 14.6. The third-order valence-corrected chi connectivity index (χ3v) is 6.42. The van der Waals surface area contributed by atoms with Crippen molar-refractivity contribution in [3.8, 4) is 11.5 Å². The lowest BCUT2D eigenvalue weighted by atomic mass is 10.2. The van der Waals surface area contributed by atoms with E-state index in [0.717, 1.165) is 4.31 Å². The van der Waals surface area contributed by atoms with Crippen LogP contribution in [0.1, 0.15) is 0 Å². The van der Waals surface area contributed by atoms with E-state index < -0.39 is 10.0 Å². The predicted molar refractivity (Wildman–Crippen MR) is 108 cm³/mol. The molecule has 3 rings (SSSR count). The maximum atomic E-state index is 13.4. The molecule has 1 aliphatic heterocycles. The molecule has 0 aromatic heterocycles. The maximum absolute atomic E-state index is 13.4. The smallest absolute Gasteiger partial charge is 0.264 e. The molecule has 29 heavy (non-hydrogen) atoms. The molecule has 1 fully saturated rings. The van der Waals surface area contributed by atoms with E-state index in [-0.39, 0.29) is 17.3 Å². The van der Waals surface area contributed by atoms with Gasteiger partial charge in [-0.3, -0.25) is 9.10 Å². The lowest BCUT2D eigenvalue weighted by Gasteiger charge is -2.30. The van der Waals surface area contributed by atoms with E-state index in [9.17, 15) is 13.2 Å². The van der Waals surface area contributed by atoms with E-state index >= 15 is 0 Å². The Morgan fingerprint density at radius 2 is 1.69 bits per heavy atom. The fourth-order valence-corrected chi connectivity index (χ4v) is 4.48. The Hall–Kier alpha value is -2.78. The van der Waals surface area contributed by atoms with Crippen LogP contribution in [0.3, 0.4) is 0 Å². The molecular weight excluding hydrogens is 396 g/mol. The van der Waals surface area contributed by atoms with Crippen molar-refractivity contribution in [3.63, 3.8) is 0 Å². The van der Waals surface area contributed by atoms with E-state index in [0.29, 0.717) is 43.5 Å². The van der Waals surface area contributed by atoms with Gasteiger partial charge in [-0.25, -0.2) is 8.42 Å². The zero-order valence-corrected chi connectivity index (χ0v) is 17.2. The fourth-order valence-electron chi connectivity index (χ4n) is 3.05. The molecule has 1 heterocycles. The number of nitrogens with zero attached hydrogens (tertiary/aromatic N) is 2. The van der Waals surface area contributed by atoms with Crippen molar-refractivity contribution in [1.29, 1.82) is 0 Å². The van der Waals surface area contributed by atoms with E-state index in [1.807, 2.05) is 0 Å². The molecule has 1 saturated heterocycles. The summed E-state index contributed by atoms with van der Waals surface area (Å²) in [5.41, 5.74) is 0.313. The highest BCUT2D eigenvalue weighted by atomic mass is 32.2. The maximum Gasteiger partial charge on any atom is 0.264 e. The molecule has 2 aromatic rings. The van der Waals surface area contributed by atoms with E-state index in [4.69, 9.17) is 14.2 Å². The SMILES string of the molecule is COc1ccc(N(CC(=O)N2CCOCC2)S(=O)(=O)c2ccccc2)cc1OC. The Morgan fingerprint density at radius 3 is 2.31 bits per heavy atom. The van der Waals surface area contributed by atoms with Crippen LogP contribution < -0.4 is 13.8 Å². The summed E-state index contributed by atoms with van der Waals surface area (Å²) < 4.78 is 43.6. The number of carbonyl (C=O) groups excluding carboxylic acids is 1. The first-order valence-corrected chi connectivity index (χ1v) is 10.6. The summed E-state index contributed by atoms with van der Waals surface area (Å²) in [7, 11) is -1.01. The van der Waals surface area contributed by atoms with Gasteiger partial charge < -0.3 is 19.1 Å². The number of amides is 1. The Labute approximate surface area is 170 Å². The molecule has 0 unspecified atom stereocenters. The highest BCUT2D eigenvalue weighted by molar-refractivity contribution is 7.92. The van der Waals surface area contributed by atoms with Gasteiger partial charge in [0.05, 0.1) is 38.0 Å². The largest absolute Gasteiger partial charge is 0.493 e. The molecule has 156 valence electrons. The molecule has 0 saturated carbocycles. The van der Waals surface area contributed by atoms with Gasteiger partial charge in [0.1, 0.15) is 6.54 Å². The number of carbonyl (C=O) groups is 1. The van der Waals surface area contributed by atoms with Gasteiger partial charge in [0.25, 0.3) is 10.0 Å². The first kappa shape index (κ1) is 20.9. The van der Waals surface area contributed by atoms with Crippen LogP contribution in [-0.2, 0) is 19.6 Å². The fraction of sp³-hybridized carbons (Fsp3) is 0.350. The summed E-state index contributed by atoms with van der Waals surface area (Å²) in [6, 6.07) is 12.8. The average molecular weight is 420 g/mol. The van der Waals surface area contributed by atoms with Gasteiger partial charge in [-0.15, -0.1) is 0 Å². The first-order valence-electron chi connectivity index (χ1n) is 9.12. The first-order chi connectivity index (χ1) is 14.0. The molecule has 0 aliphatic carbocycles. The van der Waals surface area contributed by atoms with Crippen LogP contribution in [-0.4, -0.2) is 66.3 Å². The highest BCUT2D eigenvalue weighted by Gasteiger charge is 2.30. The van der Waals surface area contributed by atoms with Crippen LogP contribution in [0, 0.1) is 0 Å². The summed E-state index contributed by atoms with van der Waals surface area (Å²) in [5, 5.41) is 0. The molecular formula is C20H24N2O6S. The van der Waals surface area contributed by atoms with Crippen molar-refractivity contribution >= 4 is 21.6 Å². The highest BCUT2D eigenvalue weighted by Crippen LogP contribution is 2.33. The summed E-state index contributed by atoms with van der Waals surface area (Å²) in [6.07, 6.45) is 0. The second kappa shape index (κ2) is 9.15. The quantitative estimate of drug-likeness (QED) is 0.679. The van der Waals surface area contributed by atoms with Gasteiger partial charge in [0.15, 0.2) is 11.5 Å². The molecule has 0 bridgehead atoms. The molecule has 1 aliphatic rings. The Morgan fingerprint density at radius 1 is 1.03 bits per heavy atom. The van der Waals surface area contributed by atoms with Gasteiger partial charge in [0, 0.05) is 19.2 Å². The predicted octanol–water partition coefficient (Wildman–Crippen LogP) is 1.76. The number of anilines is 1. The van der Waals surface area contributed by atoms with Crippen LogP contribution in [0.5, 0.6) is 11.5 Å². The number of sulfonamides is 1. The van der Waals surface area contributed by atoms with Crippen molar-refractivity contribution in [2.45, 2.75) is 4.90 Å². The number of methoxy groups -OCH3 is 2. The third-order valence-electron chi connectivity index (χ3n) is 4.63. The summed E-state index contributed by atoms with van der Waals surface area (Å²) in [5.74, 6) is 0.549. The van der Waals surface area contributed by atoms with E-state index in [1.54, 1.807) is 41.3 Å². The van der Waals surface area contributed by atoms with Crippen LogP contribution in [0.4, 0.5) is 5.69 Å². The molecule has 9 heteroatoms. The lowest BCUT2D eigenvalue weighted by molar-refractivity contribution is -0.133. The lowest BCUT2D eigenvalue weighted by Crippen LogP contribution is -2.47. The monoisotopic (exact) mass is 420 g/mol. The van der Waals surface area contributed by atoms with Crippen LogP contribution >= 0.6 is 0 Å². The Kier molecular flexibility index (Phi) is 6.60. The van der Waals surface area contributed by atoms with Crippen molar-refractivity contribution in [1.82, 2.24) is 4.90 Å². The van der Waals surface area contributed by atoms with Gasteiger partial charge >= 0.3 is 0 Å². The zero-order valence-electron chi connectivity index (χ0n) is 16.4. The van der Waals surface area contributed by atoms with Gasteiger partial charge in [-0.05, 0) is 24.3 Å². The number of hydrogen-bond donors (Lipinski definition) is 0. The second-order valence-corrected chi connectivity index (χ2v) is 8.22. The summed E-state index contributed by atoms with van der Waals surface area (Å²) >= 11 is 0. The molecule has 2 aromatic carbocycles.